The van der Waals surface area contributed by atoms with Gasteiger partial charge in [-0.2, -0.15) is 5.26 Å². The highest BCUT2D eigenvalue weighted by molar-refractivity contribution is 5.03. The second kappa shape index (κ2) is 8.46. The van der Waals surface area contributed by atoms with Crippen molar-refractivity contribution in [3.63, 3.8) is 0 Å². The van der Waals surface area contributed by atoms with E-state index in [0.29, 0.717) is 5.92 Å². The van der Waals surface area contributed by atoms with Gasteiger partial charge in [0.1, 0.15) is 5.54 Å². The lowest BCUT2D eigenvalue weighted by molar-refractivity contribution is 0.135. The van der Waals surface area contributed by atoms with Gasteiger partial charge < -0.3 is 15.0 Å². The lowest BCUT2D eigenvalue weighted by Crippen LogP contribution is -2.43. The number of hydrogen-bond acceptors (Lipinski definition) is 4. The summed E-state index contributed by atoms with van der Waals surface area (Å²) < 4.78 is 5.12. The first-order valence-corrected chi connectivity index (χ1v) is 6.29. The van der Waals surface area contributed by atoms with Crippen molar-refractivity contribution in [2.75, 3.05) is 40.4 Å². The molecule has 100 valence electrons. The number of methoxy groups -OCH3 is 1. The molecule has 0 radical (unpaired) electrons. The Morgan fingerprint density at radius 3 is 2.47 bits per heavy atom. The van der Waals surface area contributed by atoms with E-state index < -0.39 is 5.54 Å². The van der Waals surface area contributed by atoms with Crippen molar-refractivity contribution in [1.82, 2.24) is 10.2 Å². The molecule has 0 rings (SSSR count). The zero-order valence-corrected chi connectivity index (χ0v) is 11.9. The van der Waals surface area contributed by atoms with E-state index in [4.69, 9.17) is 10.00 Å². The fraction of sp³-hybridized carbons (Fsp3) is 0.923. The van der Waals surface area contributed by atoms with E-state index in [-0.39, 0.29) is 0 Å². The maximum atomic E-state index is 9.10. The van der Waals surface area contributed by atoms with Gasteiger partial charge in [-0.3, -0.25) is 0 Å². The van der Waals surface area contributed by atoms with Gasteiger partial charge in [0.15, 0.2) is 0 Å². The van der Waals surface area contributed by atoms with Gasteiger partial charge in [-0.15, -0.1) is 0 Å². The Bertz CT molecular complexity index is 237. The van der Waals surface area contributed by atoms with Gasteiger partial charge in [-0.1, -0.05) is 13.8 Å². The molecule has 1 unspecified atom stereocenters. The van der Waals surface area contributed by atoms with E-state index in [9.17, 15) is 0 Å². The monoisotopic (exact) mass is 241 g/mol. The highest BCUT2D eigenvalue weighted by atomic mass is 16.5. The first-order valence-electron chi connectivity index (χ1n) is 6.29. The van der Waals surface area contributed by atoms with Gasteiger partial charge in [0, 0.05) is 26.7 Å². The van der Waals surface area contributed by atoms with Crippen molar-refractivity contribution in [3.8, 4) is 6.07 Å². The van der Waals surface area contributed by atoms with Crippen LogP contribution in [0.5, 0.6) is 0 Å². The Hall–Kier alpha value is -0.630. The molecule has 0 saturated carbocycles. The fourth-order valence-electron chi connectivity index (χ4n) is 1.65. The quantitative estimate of drug-likeness (QED) is 0.664. The standard InChI is InChI=1S/C13H27N3O/c1-12(2)10-16(8-9-17-5)7-6-13(3,11-14)15-4/h12,15H,6-10H2,1-5H3. The Labute approximate surface area is 106 Å². The second-order valence-electron chi connectivity index (χ2n) is 5.13. The Kier molecular flexibility index (Phi) is 8.15. The van der Waals surface area contributed by atoms with E-state index in [1.54, 1.807) is 7.11 Å². The molecule has 17 heavy (non-hydrogen) atoms. The molecular formula is C13H27N3O. The molecule has 4 heteroatoms. The molecule has 0 aromatic heterocycles. The summed E-state index contributed by atoms with van der Waals surface area (Å²) in [5.41, 5.74) is -0.428. The fourth-order valence-corrected chi connectivity index (χ4v) is 1.65. The van der Waals surface area contributed by atoms with Crippen LogP contribution in [0.3, 0.4) is 0 Å². The van der Waals surface area contributed by atoms with Crippen LogP contribution in [0.15, 0.2) is 0 Å². The number of nitriles is 1. The molecule has 0 saturated heterocycles. The van der Waals surface area contributed by atoms with E-state index in [0.717, 1.165) is 32.7 Å². The molecule has 0 fully saturated rings. The average Bonchev–Trinajstić information content (AvgIpc) is 2.31. The van der Waals surface area contributed by atoms with Crippen molar-refractivity contribution in [2.45, 2.75) is 32.7 Å². The minimum absolute atomic E-state index is 0.428. The molecule has 1 atom stereocenters. The van der Waals surface area contributed by atoms with E-state index in [2.05, 4.69) is 30.1 Å². The predicted molar refractivity (Wildman–Crippen MR) is 70.8 cm³/mol. The smallest absolute Gasteiger partial charge is 0.104 e. The largest absolute Gasteiger partial charge is 0.383 e. The number of nitrogens with one attached hydrogen (secondary N) is 1. The van der Waals surface area contributed by atoms with E-state index in [1.807, 2.05) is 14.0 Å². The third-order valence-corrected chi connectivity index (χ3v) is 2.96. The maximum Gasteiger partial charge on any atom is 0.104 e. The molecule has 0 spiro atoms. The zero-order valence-electron chi connectivity index (χ0n) is 11.9. The Balaban J connectivity index is 4.19. The molecular weight excluding hydrogens is 214 g/mol. The predicted octanol–water partition coefficient (Wildman–Crippen LogP) is 1.48. The summed E-state index contributed by atoms with van der Waals surface area (Å²) >= 11 is 0. The molecule has 0 heterocycles. The summed E-state index contributed by atoms with van der Waals surface area (Å²) in [6.07, 6.45) is 0.830. The van der Waals surface area contributed by atoms with Crippen molar-refractivity contribution < 1.29 is 4.74 Å². The Morgan fingerprint density at radius 1 is 1.41 bits per heavy atom. The SMILES string of the molecule is CNC(C)(C#N)CCN(CCOC)CC(C)C. The average molecular weight is 241 g/mol. The lowest BCUT2D eigenvalue weighted by atomic mass is 10.00. The molecule has 4 nitrogen and oxygen atoms in total. The van der Waals surface area contributed by atoms with Crippen LogP contribution in [0.1, 0.15) is 27.2 Å². The summed E-state index contributed by atoms with van der Waals surface area (Å²) in [6, 6.07) is 2.32. The second-order valence-corrected chi connectivity index (χ2v) is 5.13. The highest BCUT2D eigenvalue weighted by Gasteiger charge is 2.22. The summed E-state index contributed by atoms with van der Waals surface area (Å²) in [6.45, 7) is 10.0. The van der Waals surface area contributed by atoms with Gasteiger partial charge in [-0.05, 0) is 26.3 Å². The third kappa shape index (κ3) is 7.32. The third-order valence-electron chi connectivity index (χ3n) is 2.96. The summed E-state index contributed by atoms with van der Waals surface area (Å²) in [4.78, 5) is 2.36. The minimum atomic E-state index is -0.428. The normalized spacial score (nSPS) is 14.9. The molecule has 0 bridgehead atoms. The molecule has 0 amide bonds. The molecule has 0 aliphatic carbocycles. The van der Waals surface area contributed by atoms with Crippen LogP contribution in [0.4, 0.5) is 0 Å². The minimum Gasteiger partial charge on any atom is -0.383 e. The first kappa shape index (κ1) is 16.4. The van der Waals surface area contributed by atoms with Gasteiger partial charge in [0.2, 0.25) is 0 Å². The van der Waals surface area contributed by atoms with Crippen LogP contribution >= 0.6 is 0 Å². The van der Waals surface area contributed by atoms with Crippen molar-refractivity contribution in [1.29, 1.82) is 5.26 Å². The summed E-state index contributed by atoms with van der Waals surface area (Å²) in [5, 5.41) is 12.2. The molecule has 0 aliphatic heterocycles. The van der Waals surface area contributed by atoms with Gasteiger partial charge in [0.05, 0.1) is 12.7 Å². The number of nitrogens with zero attached hydrogens (tertiary/aromatic N) is 2. The van der Waals surface area contributed by atoms with Crippen LogP contribution in [0.2, 0.25) is 0 Å². The molecule has 1 N–H and O–H groups in total. The zero-order chi connectivity index (χ0) is 13.3. The maximum absolute atomic E-state index is 9.10. The lowest BCUT2D eigenvalue weighted by Gasteiger charge is -2.28. The summed E-state index contributed by atoms with van der Waals surface area (Å²) in [5.74, 6) is 0.634. The van der Waals surface area contributed by atoms with E-state index >= 15 is 0 Å². The number of ether oxygens (including phenoxy) is 1. The topological polar surface area (TPSA) is 48.3 Å². The van der Waals surface area contributed by atoms with Gasteiger partial charge in [0.25, 0.3) is 0 Å². The van der Waals surface area contributed by atoms with Crippen LogP contribution in [-0.4, -0.2) is 50.8 Å². The van der Waals surface area contributed by atoms with Crippen LogP contribution < -0.4 is 5.32 Å². The van der Waals surface area contributed by atoms with E-state index in [1.165, 1.54) is 0 Å². The first-order chi connectivity index (χ1) is 7.97. The van der Waals surface area contributed by atoms with Gasteiger partial charge >= 0.3 is 0 Å². The Morgan fingerprint density at radius 2 is 2.06 bits per heavy atom. The molecule has 0 aromatic carbocycles. The number of hydrogen-bond donors (Lipinski definition) is 1. The van der Waals surface area contributed by atoms with Gasteiger partial charge in [-0.25, -0.2) is 0 Å². The molecule has 0 aromatic rings. The summed E-state index contributed by atoms with van der Waals surface area (Å²) in [7, 11) is 3.56. The van der Waals surface area contributed by atoms with Crippen LogP contribution in [0, 0.1) is 17.2 Å². The van der Waals surface area contributed by atoms with Crippen molar-refractivity contribution in [2.24, 2.45) is 5.92 Å². The van der Waals surface area contributed by atoms with Crippen LogP contribution in [-0.2, 0) is 4.74 Å². The van der Waals surface area contributed by atoms with Crippen molar-refractivity contribution in [3.05, 3.63) is 0 Å². The molecule has 0 aliphatic rings. The van der Waals surface area contributed by atoms with Crippen molar-refractivity contribution >= 4 is 0 Å². The highest BCUT2D eigenvalue weighted by Crippen LogP contribution is 2.09. The number of rotatable bonds is 9. The van der Waals surface area contributed by atoms with Crippen LogP contribution in [0.25, 0.3) is 0 Å².